The van der Waals surface area contributed by atoms with Crippen LogP contribution in [0, 0.1) is 5.82 Å². The van der Waals surface area contributed by atoms with E-state index in [1.165, 1.54) is 17.4 Å². The first-order valence-electron chi connectivity index (χ1n) is 7.07. The lowest BCUT2D eigenvalue weighted by Crippen LogP contribution is -2.45. The largest absolute Gasteiger partial charge is 0.280 e. The highest BCUT2D eigenvalue weighted by Crippen LogP contribution is 2.37. The highest BCUT2D eigenvalue weighted by Gasteiger charge is 2.36. The molecule has 1 atom stereocenters. The van der Waals surface area contributed by atoms with Gasteiger partial charge in [0.25, 0.3) is 10.2 Å². The minimum Gasteiger partial charge on any atom is -0.207 e. The average molecular weight is 320 g/mol. The number of nitrogens with zero attached hydrogens (tertiary/aromatic N) is 1. The predicted octanol–water partition coefficient (Wildman–Crippen LogP) is 2.24. The summed E-state index contributed by atoms with van der Waals surface area (Å²) in [6.45, 7) is 0.319. The average Bonchev–Trinajstić information content (AvgIpc) is 2.54. The van der Waals surface area contributed by atoms with Gasteiger partial charge in [-0.3, -0.25) is 0 Å². The molecule has 1 unspecified atom stereocenters. The fourth-order valence-electron chi connectivity index (χ4n) is 2.94. The second kappa shape index (κ2) is 5.79. The number of rotatable bonds is 3. The van der Waals surface area contributed by atoms with Crippen molar-refractivity contribution < 1.29 is 12.8 Å². The maximum atomic E-state index is 14.3. The molecule has 0 radical (unpaired) electrons. The third-order valence-corrected chi connectivity index (χ3v) is 5.53. The summed E-state index contributed by atoms with van der Waals surface area (Å²) >= 11 is 0. The third kappa shape index (κ3) is 2.54. The van der Waals surface area contributed by atoms with E-state index in [0.29, 0.717) is 18.5 Å². The summed E-state index contributed by atoms with van der Waals surface area (Å²) in [6, 6.07) is 13.3. The Morgan fingerprint density at radius 2 is 1.73 bits per heavy atom. The van der Waals surface area contributed by atoms with Crippen molar-refractivity contribution >= 4 is 10.2 Å². The molecule has 1 heterocycles. The molecule has 0 bridgehead atoms. The molecule has 0 saturated carbocycles. The van der Waals surface area contributed by atoms with Crippen molar-refractivity contribution in [3.63, 3.8) is 0 Å². The van der Waals surface area contributed by atoms with E-state index in [4.69, 9.17) is 0 Å². The molecule has 6 heteroatoms. The first kappa shape index (κ1) is 15.1. The maximum Gasteiger partial charge on any atom is 0.280 e. The Kier molecular flexibility index (Phi) is 3.99. The quantitative estimate of drug-likeness (QED) is 0.943. The second-order valence-electron chi connectivity index (χ2n) is 5.19. The van der Waals surface area contributed by atoms with Gasteiger partial charge in [0.1, 0.15) is 5.82 Å². The van der Waals surface area contributed by atoms with Crippen LogP contribution in [-0.2, 0) is 16.6 Å². The van der Waals surface area contributed by atoms with Crippen LogP contribution in [0.4, 0.5) is 4.39 Å². The molecule has 0 aliphatic carbocycles. The summed E-state index contributed by atoms with van der Waals surface area (Å²) in [7, 11) is -2.29. The van der Waals surface area contributed by atoms with Crippen molar-refractivity contribution in [1.82, 2.24) is 9.03 Å². The minimum atomic E-state index is -3.66. The van der Waals surface area contributed by atoms with E-state index in [2.05, 4.69) is 4.72 Å². The topological polar surface area (TPSA) is 49.4 Å². The van der Waals surface area contributed by atoms with Crippen molar-refractivity contribution in [2.24, 2.45) is 0 Å². The molecule has 1 N–H and O–H groups in total. The minimum absolute atomic E-state index is 0.319. The lowest BCUT2D eigenvalue weighted by atomic mass is 9.90. The molecule has 0 saturated heterocycles. The predicted molar refractivity (Wildman–Crippen MR) is 83.1 cm³/mol. The van der Waals surface area contributed by atoms with Crippen LogP contribution in [0.15, 0.2) is 48.5 Å². The van der Waals surface area contributed by atoms with Gasteiger partial charge >= 0.3 is 0 Å². The van der Waals surface area contributed by atoms with Gasteiger partial charge in [0, 0.05) is 19.2 Å². The Bertz CT molecular complexity index is 792. The summed E-state index contributed by atoms with van der Waals surface area (Å²) in [5.41, 5.74) is 2.25. The van der Waals surface area contributed by atoms with Crippen LogP contribution in [0.5, 0.6) is 0 Å². The van der Waals surface area contributed by atoms with E-state index in [1.807, 2.05) is 24.3 Å². The van der Waals surface area contributed by atoms with Gasteiger partial charge in [-0.15, -0.1) is 0 Å². The Morgan fingerprint density at radius 3 is 2.41 bits per heavy atom. The molecule has 3 rings (SSSR count). The number of nitrogens with one attached hydrogen (secondary N) is 1. The number of hydrogen-bond acceptors (Lipinski definition) is 2. The molecular formula is C16H17FN2O2S. The third-order valence-electron chi connectivity index (χ3n) is 4.01. The van der Waals surface area contributed by atoms with E-state index >= 15 is 0 Å². The molecule has 0 fully saturated rings. The zero-order valence-corrected chi connectivity index (χ0v) is 13.0. The fraction of sp³-hybridized carbons (Fsp3) is 0.250. The monoisotopic (exact) mass is 320 g/mol. The van der Waals surface area contributed by atoms with E-state index in [9.17, 15) is 12.8 Å². The maximum absolute atomic E-state index is 14.3. The van der Waals surface area contributed by atoms with Gasteiger partial charge in [0.15, 0.2) is 0 Å². The number of benzene rings is 2. The SMILES string of the molecule is CNS(=O)(=O)N1CCc2ccccc2C1c1ccccc1F. The van der Waals surface area contributed by atoms with Crippen LogP contribution in [0.2, 0.25) is 0 Å². The molecule has 4 nitrogen and oxygen atoms in total. The summed E-state index contributed by atoms with van der Waals surface area (Å²) < 4.78 is 42.7. The number of hydrogen-bond donors (Lipinski definition) is 1. The van der Waals surface area contributed by atoms with Gasteiger partial charge in [-0.25, -0.2) is 9.11 Å². The van der Waals surface area contributed by atoms with Gasteiger partial charge in [-0.2, -0.15) is 12.7 Å². The molecule has 0 spiro atoms. The molecule has 1 aliphatic heterocycles. The highest BCUT2D eigenvalue weighted by atomic mass is 32.2. The molecule has 116 valence electrons. The van der Waals surface area contributed by atoms with Crippen molar-refractivity contribution in [3.05, 3.63) is 71.0 Å². The molecular weight excluding hydrogens is 303 g/mol. The van der Waals surface area contributed by atoms with Crippen molar-refractivity contribution in [1.29, 1.82) is 0 Å². The van der Waals surface area contributed by atoms with Crippen molar-refractivity contribution in [2.75, 3.05) is 13.6 Å². The summed E-state index contributed by atoms with van der Waals surface area (Å²) in [5.74, 6) is -0.402. The first-order chi connectivity index (χ1) is 10.5. The molecule has 22 heavy (non-hydrogen) atoms. The lowest BCUT2D eigenvalue weighted by molar-refractivity contribution is 0.333. The van der Waals surface area contributed by atoms with Crippen LogP contribution in [0.1, 0.15) is 22.7 Å². The van der Waals surface area contributed by atoms with Crippen molar-refractivity contribution in [2.45, 2.75) is 12.5 Å². The van der Waals surface area contributed by atoms with E-state index in [1.54, 1.807) is 18.2 Å². The van der Waals surface area contributed by atoms with Gasteiger partial charge in [0.05, 0.1) is 6.04 Å². The molecule has 2 aromatic carbocycles. The first-order valence-corrected chi connectivity index (χ1v) is 8.51. The zero-order valence-electron chi connectivity index (χ0n) is 12.2. The second-order valence-corrected chi connectivity index (χ2v) is 7.02. The van der Waals surface area contributed by atoms with E-state index < -0.39 is 22.1 Å². The van der Waals surface area contributed by atoms with Gasteiger partial charge < -0.3 is 0 Å². The Hall–Kier alpha value is -1.76. The normalized spacial score (nSPS) is 18.9. The molecule has 0 amide bonds. The highest BCUT2D eigenvalue weighted by molar-refractivity contribution is 7.87. The number of fused-ring (bicyclic) bond motifs is 1. The standard InChI is InChI=1S/C16H17FN2O2S/c1-18-22(20,21)19-11-10-12-6-2-3-7-13(12)16(19)14-8-4-5-9-15(14)17/h2-9,16,18H,10-11H2,1H3. The number of halogens is 1. The Labute approximate surface area is 129 Å². The van der Waals surface area contributed by atoms with Crippen molar-refractivity contribution in [3.8, 4) is 0 Å². The van der Waals surface area contributed by atoms with Crippen LogP contribution in [-0.4, -0.2) is 26.3 Å². The van der Waals surface area contributed by atoms with Crippen LogP contribution >= 0.6 is 0 Å². The van der Waals surface area contributed by atoms with Crippen LogP contribution in [0.25, 0.3) is 0 Å². The van der Waals surface area contributed by atoms with Crippen LogP contribution < -0.4 is 4.72 Å². The van der Waals surface area contributed by atoms with Gasteiger partial charge in [0.2, 0.25) is 0 Å². The van der Waals surface area contributed by atoms with Crippen LogP contribution in [0.3, 0.4) is 0 Å². The van der Waals surface area contributed by atoms with E-state index in [-0.39, 0.29) is 0 Å². The van der Waals surface area contributed by atoms with Gasteiger partial charge in [-0.1, -0.05) is 42.5 Å². The Morgan fingerprint density at radius 1 is 1.09 bits per heavy atom. The van der Waals surface area contributed by atoms with Gasteiger partial charge in [-0.05, 0) is 23.6 Å². The summed E-state index contributed by atoms with van der Waals surface area (Å²) in [4.78, 5) is 0. The summed E-state index contributed by atoms with van der Waals surface area (Å²) in [5, 5.41) is 0. The lowest BCUT2D eigenvalue weighted by Gasteiger charge is -2.36. The molecule has 2 aromatic rings. The Balaban J connectivity index is 2.21. The smallest absolute Gasteiger partial charge is 0.207 e. The summed E-state index contributed by atoms with van der Waals surface area (Å²) in [6.07, 6.45) is 0.613. The molecule has 1 aliphatic rings. The zero-order chi connectivity index (χ0) is 15.7. The van der Waals surface area contributed by atoms with E-state index in [0.717, 1.165) is 11.1 Å². The molecule has 0 aromatic heterocycles. The fourth-order valence-corrected chi connectivity index (χ4v) is 4.01.